The van der Waals surface area contributed by atoms with Gasteiger partial charge in [0.15, 0.2) is 0 Å². The first kappa shape index (κ1) is 28.2. The second-order valence-electron chi connectivity index (χ2n) is 9.13. The molecule has 0 bridgehead atoms. The minimum absolute atomic E-state index is 0.137. The summed E-state index contributed by atoms with van der Waals surface area (Å²) in [6, 6.07) is 4.15. The molecule has 4 rings (SSSR count). The molecular formula is C24H22Cl2F2N4O5S. The Bertz CT molecular complexity index is 1440. The second kappa shape index (κ2) is 10.1. The van der Waals surface area contributed by atoms with Crippen LogP contribution in [0.4, 0.5) is 8.78 Å². The average Bonchev–Trinajstić information content (AvgIpc) is 2.81. The Hall–Kier alpha value is -2.80. The Balaban J connectivity index is 1.93. The second-order valence-corrected chi connectivity index (χ2v) is 11.8. The van der Waals surface area contributed by atoms with Crippen LogP contribution in [0.1, 0.15) is 19.4 Å². The molecule has 0 spiro atoms. The van der Waals surface area contributed by atoms with E-state index in [0.29, 0.717) is 10.4 Å². The highest BCUT2D eigenvalue weighted by Gasteiger charge is 2.64. The number of benzene rings is 2. The SMILES string of the molecule is CC(C)N1CC2(C(N)=O)N(C(=O)[C]CN2S(=O)(=O)c2ccc(Cl)cc2Cl)C(Cc2ccc(F)cc2F)C1=O. The van der Waals surface area contributed by atoms with Gasteiger partial charge in [-0.2, -0.15) is 4.31 Å². The molecular weight excluding hydrogens is 565 g/mol. The van der Waals surface area contributed by atoms with Crippen LogP contribution in [0.25, 0.3) is 0 Å². The number of primary amides is 1. The van der Waals surface area contributed by atoms with Crippen LogP contribution in [0, 0.1) is 18.1 Å². The molecule has 0 saturated carbocycles. The van der Waals surface area contributed by atoms with Crippen LogP contribution in [0.2, 0.25) is 10.0 Å². The van der Waals surface area contributed by atoms with Crippen LogP contribution in [0.15, 0.2) is 41.3 Å². The van der Waals surface area contributed by atoms with Crippen molar-refractivity contribution in [3.63, 3.8) is 0 Å². The van der Waals surface area contributed by atoms with E-state index in [2.05, 4.69) is 6.42 Å². The van der Waals surface area contributed by atoms with E-state index >= 15 is 0 Å². The largest absolute Gasteiger partial charge is 0.366 e. The maximum Gasteiger partial charge on any atom is 0.261 e. The quantitative estimate of drug-likeness (QED) is 0.556. The first-order chi connectivity index (χ1) is 17.7. The molecule has 2 aromatic carbocycles. The summed E-state index contributed by atoms with van der Waals surface area (Å²) >= 11 is 12.1. The zero-order valence-electron chi connectivity index (χ0n) is 20.1. The monoisotopic (exact) mass is 586 g/mol. The number of hydrogen-bond donors (Lipinski definition) is 1. The van der Waals surface area contributed by atoms with E-state index in [1.165, 1.54) is 17.0 Å². The number of nitrogens with zero attached hydrogens (tertiary/aromatic N) is 3. The highest BCUT2D eigenvalue weighted by molar-refractivity contribution is 7.89. The van der Waals surface area contributed by atoms with Gasteiger partial charge in [0.25, 0.3) is 5.91 Å². The summed E-state index contributed by atoms with van der Waals surface area (Å²) in [5, 5.41) is -0.0964. The van der Waals surface area contributed by atoms with Crippen molar-refractivity contribution in [1.82, 2.24) is 14.1 Å². The van der Waals surface area contributed by atoms with Gasteiger partial charge in [-0.3, -0.25) is 14.4 Å². The molecule has 2 radical (unpaired) electrons. The lowest BCUT2D eigenvalue weighted by Gasteiger charge is -2.58. The van der Waals surface area contributed by atoms with Crippen molar-refractivity contribution in [3.8, 4) is 0 Å². The summed E-state index contributed by atoms with van der Waals surface area (Å²) in [7, 11) is -4.66. The lowest BCUT2D eigenvalue weighted by molar-refractivity contribution is -0.182. The van der Waals surface area contributed by atoms with Crippen molar-refractivity contribution < 1.29 is 31.6 Å². The summed E-state index contributed by atoms with van der Waals surface area (Å²) in [6.07, 6.45) is 1.86. The van der Waals surface area contributed by atoms with Gasteiger partial charge in [0.05, 0.1) is 18.0 Å². The van der Waals surface area contributed by atoms with Crippen molar-refractivity contribution in [1.29, 1.82) is 0 Å². The predicted molar refractivity (Wildman–Crippen MR) is 133 cm³/mol. The highest BCUT2D eigenvalue weighted by atomic mass is 35.5. The van der Waals surface area contributed by atoms with Gasteiger partial charge in [-0.15, -0.1) is 0 Å². The molecule has 2 atom stereocenters. The molecule has 9 nitrogen and oxygen atoms in total. The van der Waals surface area contributed by atoms with Gasteiger partial charge in [-0.1, -0.05) is 29.3 Å². The number of rotatable bonds is 6. The number of nitrogens with two attached hydrogens (primary N) is 1. The fraction of sp³-hybridized carbons (Fsp3) is 0.333. The molecule has 0 aliphatic carbocycles. The molecule has 2 fully saturated rings. The fourth-order valence-electron chi connectivity index (χ4n) is 4.73. The van der Waals surface area contributed by atoms with Gasteiger partial charge in [0, 0.05) is 30.1 Å². The summed E-state index contributed by atoms with van der Waals surface area (Å²) in [5.41, 5.74) is 3.28. The first-order valence-electron chi connectivity index (χ1n) is 11.3. The Morgan fingerprint density at radius 1 is 1.18 bits per heavy atom. The molecule has 2 N–H and O–H groups in total. The van der Waals surface area contributed by atoms with Crippen LogP contribution in [-0.4, -0.2) is 71.1 Å². The van der Waals surface area contributed by atoms with Gasteiger partial charge >= 0.3 is 0 Å². The molecule has 38 heavy (non-hydrogen) atoms. The Kier molecular flexibility index (Phi) is 7.47. The Morgan fingerprint density at radius 3 is 2.45 bits per heavy atom. The van der Waals surface area contributed by atoms with E-state index in [1.54, 1.807) is 13.8 Å². The number of carbonyl (C=O) groups is 3. The third-order valence-corrected chi connectivity index (χ3v) is 9.17. The maximum atomic E-state index is 14.6. The predicted octanol–water partition coefficient (Wildman–Crippen LogP) is 2.23. The number of carbonyl (C=O) groups excluding carboxylic acids is 3. The van der Waals surface area contributed by atoms with Crippen molar-refractivity contribution in [3.05, 3.63) is 70.1 Å². The summed E-state index contributed by atoms with van der Waals surface area (Å²) < 4.78 is 56.6. The van der Waals surface area contributed by atoms with Gasteiger partial charge in [0.2, 0.25) is 27.5 Å². The zero-order valence-corrected chi connectivity index (χ0v) is 22.4. The van der Waals surface area contributed by atoms with Gasteiger partial charge in [0.1, 0.15) is 22.6 Å². The van der Waals surface area contributed by atoms with Crippen LogP contribution in [0.5, 0.6) is 0 Å². The topological polar surface area (TPSA) is 121 Å². The van der Waals surface area contributed by atoms with Crippen molar-refractivity contribution in [2.45, 2.75) is 42.9 Å². The molecule has 2 heterocycles. The lowest BCUT2D eigenvalue weighted by Crippen LogP contribution is -2.83. The normalized spacial score (nSPS) is 22.7. The van der Waals surface area contributed by atoms with E-state index in [0.717, 1.165) is 23.1 Å². The molecule has 2 aliphatic heterocycles. The van der Waals surface area contributed by atoms with Crippen molar-refractivity contribution in [2.75, 3.05) is 13.1 Å². The lowest BCUT2D eigenvalue weighted by atomic mass is 9.90. The van der Waals surface area contributed by atoms with Crippen LogP contribution >= 0.6 is 23.2 Å². The Morgan fingerprint density at radius 2 is 1.87 bits per heavy atom. The number of fused-ring (bicyclic) bond motifs is 1. The maximum absolute atomic E-state index is 14.6. The third kappa shape index (κ3) is 4.53. The molecule has 2 aromatic rings. The van der Waals surface area contributed by atoms with Crippen LogP contribution in [0.3, 0.4) is 0 Å². The molecule has 0 aromatic heterocycles. The molecule has 2 aliphatic rings. The van der Waals surface area contributed by atoms with Gasteiger partial charge in [-0.25, -0.2) is 17.2 Å². The minimum Gasteiger partial charge on any atom is -0.366 e. The number of piperazine rings is 1. The molecule has 3 amide bonds. The Labute approximate surface area is 228 Å². The zero-order chi connectivity index (χ0) is 28.2. The summed E-state index contributed by atoms with van der Waals surface area (Å²) in [6.45, 7) is 1.96. The van der Waals surface area contributed by atoms with E-state index in [4.69, 9.17) is 28.9 Å². The molecule has 2 saturated heterocycles. The van der Waals surface area contributed by atoms with E-state index < -0.39 is 81.5 Å². The molecule has 2 unspecified atom stereocenters. The van der Waals surface area contributed by atoms with E-state index in [9.17, 15) is 31.6 Å². The van der Waals surface area contributed by atoms with E-state index in [1.807, 2.05) is 0 Å². The van der Waals surface area contributed by atoms with Crippen LogP contribution in [-0.2, 0) is 30.8 Å². The first-order valence-corrected chi connectivity index (χ1v) is 13.5. The summed E-state index contributed by atoms with van der Waals surface area (Å²) in [4.78, 5) is 41.6. The molecule has 14 heteroatoms. The smallest absolute Gasteiger partial charge is 0.261 e. The van der Waals surface area contributed by atoms with Crippen molar-refractivity contribution in [2.24, 2.45) is 5.73 Å². The minimum atomic E-state index is -4.66. The fourth-order valence-corrected chi connectivity index (χ4v) is 7.08. The average molecular weight is 587 g/mol. The standard InChI is InChI=1S/C24H22Cl2F2N4O5S/c1-13(2)30-12-24(23(29)35)31(38(36,37)20-6-4-15(25)10-17(20)26)8-7-21(33)32(24)19(22(30)34)9-14-3-5-16(27)11-18(14)28/h3-6,10-11,13,19H,8-9,12H2,1-2H3,(H2,29,35). The van der Waals surface area contributed by atoms with Crippen molar-refractivity contribution >= 4 is 50.9 Å². The van der Waals surface area contributed by atoms with Gasteiger partial charge in [-0.05, 0) is 43.7 Å². The van der Waals surface area contributed by atoms with E-state index in [-0.39, 0.29) is 15.6 Å². The number of sulfonamides is 1. The number of halogens is 4. The molecule has 202 valence electrons. The number of hydrogen-bond acceptors (Lipinski definition) is 5. The van der Waals surface area contributed by atoms with Crippen LogP contribution < -0.4 is 5.73 Å². The summed E-state index contributed by atoms with van der Waals surface area (Å²) in [5.74, 6) is -4.74. The highest BCUT2D eigenvalue weighted by Crippen LogP contribution is 2.41. The van der Waals surface area contributed by atoms with Gasteiger partial charge < -0.3 is 15.5 Å². The number of amides is 3. The third-order valence-electron chi connectivity index (χ3n) is 6.58.